The van der Waals surface area contributed by atoms with Gasteiger partial charge < -0.3 is 0 Å². The summed E-state index contributed by atoms with van der Waals surface area (Å²) >= 11 is 0. The number of aromatic nitrogens is 3. The standard InChI is InChI=1S/C8H8N3P/c12-8-6-11(10-9-8)7-4-2-1-3-5-7/h1-6H,12H2. The van der Waals surface area contributed by atoms with Gasteiger partial charge in [0.1, 0.15) is 0 Å². The van der Waals surface area contributed by atoms with Crippen molar-refractivity contribution in [2.45, 2.75) is 0 Å². The quantitative estimate of drug-likeness (QED) is 0.602. The van der Waals surface area contributed by atoms with E-state index in [1.165, 1.54) is 0 Å². The molecule has 1 atom stereocenters. The van der Waals surface area contributed by atoms with Crippen LogP contribution in [0.5, 0.6) is 0 Å². The van der Waals surface area contributed by atoms with Crippen LogP contribution >= 0.6 is 9.24 Å². The van der Waals surface area contributed by atoms with Crippen molar-refractivity contribution in [2.75, 3.05) is 0 Å². The monoisotopic (exact) mass is 177 g/mol. The van der Waals surface area contributed by atoms with Crippen LogP contribution in [-0.4, -0.2) is 15.0 Å². The molecular formula is C8H8N3P. The van der Waals surface area contributed by atoms with Crippen LogP contribution in [0.25, 0.3) is 5.69 Å². The molecule has 2 rings (SSSR count). The summed E-state index contributed by atoms with van der Waals surface area (Å²) in [6, 6.07) is 9.89. The summed E-state index contributed by atoms with van der Waals surface area (Å²) < 4.78 is 1.74. The third kappa shape index (κ3) is 1.36. The van der Waals surface area contributed by atoms with Gasteiger partial charge in [0.25, 0.3) is 0 Å². The Morgan fingerprint density at radius 3 is 2.50 bits per heavy atom. The van der Waals surface area contributed by atoms with Crippen molar-refractivity contribution in [1.82, 2.24) is 15.0 Å². The van der Waals surface area contributed by atoms with Gasteiger partial charge in [-0.15, -0.1) is 5.10 Å². The van der Waals surface area contributed by atoms with Gasteiger partial charge in [0.05, 0.1) is 17.3 Å². The van der Waals surface area contributed by atoms with Crippen LogP contribution in [0.4, 0.5) is 0 Å². The molecule has 0 saturated heterocycles. The maximum Gasteiger partial charge on any atom is 0.0995 e. The van der Waals surface area contributed by atoms with Gasteiger partial charge in [-0.2, -0.15) is 0 Å². The molecule has 0 aliphatic carbocycles. The first kappa shape index (κ1) is 7.44. The number of para-hydroxylation sites is 1. The Morgan fingerprint density at radius 1 is 1.17 bits per heavy atom. The third-order valence-corrected chi connectivity index (χ3v) is 1.80. The maximum absolute atomic E-state index is 3.93. The van der Waals surface area contributed by atoms with Crippen molar-refractivity contribution in [3.8, 4) is 5.69 Å². The summed E-state index contributed by atoms with van der Waals surface area (Å²) in [5.74, 6) is 0. The average molecular weight is 177 g/mol. The molecule has 2 aromatic rings. The lowest BCUT2D eigenvalue weighted by Gasteiger charge is -1.96. The number of hydrogen-bond donors (Lipinski definition) is 0. The van der Waals surface area contributed by atoms with Gasteiger partial charge >= 0.3 is 0 Å². The molecule has 1 unspecified atom stereocenters. The number of rotatable bonds is 1. The molecule has 0 bridgehead atoms. The molecule has 0 N–H and O–H groups in total. The first-order valence-electron chi connectivity index (χ1n) is 3.59. The van der Waals surface area contributed by atoms with E-state index in [0.717, 1.165) is 11.1 Å². The van der Waals surface area contributed by atoms with Crippen LogP contribution in [0.1, 0.15) is 0 Å². The van der Waals surface area contributed by atoms with E-state index in [2.05, 4.69) is 19.6 Å². The fourth-order valence-corrected chi connectivity index (χ4v) is 1.18. The van der Waals surface area contributed by atoms with Crippen molar-refractivity contribution >= 4 is 14.7 Å². The van der Waals surface area contributed by atoms with Gasteiger partial charge in [0, 0.05) is 0 Å². The van der Waals surface area contributed by atoms with E-state index >= 15 is 0 Å². The SMILES string of the molecule is Pc1cn(-c2ccccc2)nn1. The number of benzene rings is 1. The highest BCUT2D eigenvalue weighted by Crippen LogP contribution is 2.02. The lowest BCUT2D eigenvalue weighted by Crippen LogP contribution is -1.93. The van der Waals surface area contributed by atoms with E-state index < -0.39 is 0 Å². The molecular weight excluding hydrogens is 169 g/mol. The Morgan fingerprint density at radius 2 is 1.92 bits per heavy atom. The second-order valence-electron chi connectivity index (χ2n) is 2.42. The van der Waals surface area contributed by atoms with Crippen molar-refractivity contribution in [3.05, 3.63) is 36.5 Å². The van der Waals surface area contributed by atoms with Crippen LogP contribution < -0.4 is 5.44 Å². The first-order valence-corrected chi connectivity index (χ1v) is 4.17. The van der Waals surface area contributed by atoms with Crippen LogP contribution in [0, 0.1) is 0 Å². The highest BCUT2D eigenvalue weighted by Gasteiger charge is 1.96. The Balaban J connectivity index is 2.45. The Hall–Kier alpha value is -1.21. The molecule has 0 radical (unpaired) electrons. The zero-order valence-electron chi connectivity index (χ0n) is 6.38. The summed E-state index contributed by atoms with van der Waals surface area (Å²) in [7, 11) is 2.51. The topological polar surface area (TPSA) is 30.7 Å². The van der Waals surface area contributed by atoms with E-state index in [1.54, 1.807) is 4.68 Å². The normalized spacial score (nSPS) is 10.1. The van der Waals surface area contributed by atoms with Gasteiger partial charge in [0.2, 0.25) is 0 Å². The predicted octanol–water partition coefficient (Wildman–Crippen LogP) is 0.768. The Kier molecular flexibility index (Phi) is 1.88. The summed E-state index contributed by atoms with van der Waals surface area (Å²) in [6.07, 6.45) is 1.86. The van der Waals surface area contributed by atoms with Gasteiger partial charge in [-0.05, 0) is 12.1 Å². The molecule has 0 amide bonds. The minimum absolute atomic E-state index is 0.846. The second kappa shape index (κ2) is 3.03. The summed E-state index contributed by atoms with van der Waals surface area (Å²) in [6.45, 7) is 0. The zero-order chi connectivity index (χ0) is 8.39. The smallest absolute Gasteiger partial charge is 0.0995 e. The lowest BCUT2D eigenvalue weighted by atomic mass is 10.3. The molecule has 0 saturated carbocycles. The van der Waals surface area contributed by atoms with Crippen LogP contribution in [0.15, 0.2) is 36.5 Å². The van der Waals surface area contributed by atoms with Crippen molar-refractivity contribution < 1.29 is 0 Å². The lowest BCUT2D eigenvalue weighted by molar-refractivity contribution is 0.805. The molecule has 1 aromatic carbocycles. The Labute approximate surface area is 72.6 Å². The average Bonchev–Trinajstić information content (AvgIpc) is 2.54. The van der Waals surface area contributed by atoms with Crippen LogP contribution in [0.2, 0.25) is 0 Å². The highest BCUT2D eigenvalue weighted by molar-refractivity contribution is 7.26. The summed E-state index contributed by atoms with van der Waals surface area (Å²) in [4.78, 5) is 0. The minimum Gasteiger partial charge on any atom is -0.220 e. The maximum atomic E-state index is 3.93. The number of hydrogen-bond acceptors (Lipinski definition) is 2. The van der Waals surface area contributed by atoms with Gasteiger partial charge in [0.15, 0.2) is 0 Å². The van der Waals surface area contributed by atoms with Gasteiger partial charge in [-0.25, -0.2) is 4.68 Å². The number of nitrogens with zero attached hydrogens (tertiary/aromatic N) is 3. The molecule has 0 aliphatic heterocycles. The molecule has 0 fully saturated rings. The molecule has 60 valence electrons. The van der Waals surface area contributed by atoms with Crippen molar-refractivity contribution in [3.63, 3.8) is 0 Å². The fourth-order valence-electron chi connectivity index (χ4n) is 0.984. The zero-order valence-corrected chi connectivity index (χ0v) is 7.54. The van der Waals surface area contributed by atoms with Gasteiger partial charge in [-0.3, -0.25) is 0 Å². The fraction of sp³-hybridized carbons (Fsp3) is 0. The predicted molar refractivity (Wildman–Crippen MR) is 50.7 cm³/mol. The summed E-state index contributed by atoms with van der Waals surface area (Å²) in [5, 5.41) is 7.80. The van der Waals surface area contributed by atoms with E-state index in [4.69, 9.17) is 0 Å². The highest BCUT2D eigenvalue weighted by atomic mass is 31.0. The molecule has 3 nitrogen and oxygen atoms in total. The first-order chi connectivity index (χ1) is 5.86. The van der Waals surface area contributed by atoms with E-state index in [-0.39, 0.29) is 0 Å². The molecule has 4 heteroatoms. The second-order valence-corrected chi connectivity index (χ2v) is 3.02. The van der Waals surface area contributed by atoms with E-state index in [0.29, 0.717) is 0 Å². The van der Waals surface area contributed by atoms with Crippen LogP contribution in [0.3, 0.4) is 0 Å². The third-order valence-electron chi connectivity index (χ3n) is 1.53. The largest absolute Gasteiger partial charge is 0.220 e. The summed E-state index contributed by atoms with van der Waals surface area (Å²) in [5.41, 5.74) is 1.87. The van der Waals surface area contributed by atoms with E-state index in [1.807, 2.05) is 36.5 Å². The molecule has 1 aromatic heterocycles. The van der Waals surface area contributed by atoms with Gasteiger partial charge in [-0.1, -0.05) is 32.7 Å². The Bertz CT molecular complexity index is 369. The van der Waals surface area contributed by atoms with E-state index in [9.17, 15) is 0 Å². The molecule has 0 spiro atoms. The molecule has 0 aliphatic rings. The van der Waals surface area contributed by atoms with Crippen LogP contribution in [-0.2, 0) is 0 Å². The minimum atomic E-state index is 0.846. The molecule has 12 heavy (non-hydrogen) atoms. The van der Waals surface area contributed by atoms with Crippen molar-refractivity contribution in [2.24, 2.45) is 0 Å². The molecule has 1 heterocycles. The van der Waals surface area contributed by atoms with Crippen molar-refractivity contribution in [1.29, 1.82) is 0 Å².